The van der Waals surface area contributed by atoms with E-state index in [4.69, 9.17) is 4.74 Å². The zero-order chi connectivity index (χ0) is 15.1. The van der Waals surface area contributed by atoms with Gasteiger partial charge in [0.2, 0.25) is 5.91 Å². The van der Waals surface area contributed by atoms with Crippen molar-refractivity contribution in [1.82, 2.24) is 9.47 Å². The molecule has 4 nitrogen and oxygen atoms in total. The van der Waals surface area contributed by atoms with Crippen molar-refractivity contribution >= 4 is 16.8 Å². The quantitative estimate of drug-likeness (QED) is 0.854. The number of hydrogen-bond acceptors (Lipinski definition) is 2. The molecule has 0 bridgehead atoms. The number of benzene rings is 1. The Balaban J connectivity index is 1.58. The minimum absolute atomic E-state index is 0.247. The zero-order valence-corrected chi connectivity index (χ0v) is 13.0. The summed E-state index contributed by atoms with van der Waals surface area (Å²) in [6.45, 7) is 1.42. The summed E-state index contributed by atoms with van der Waals surface area (Å²) in [5.41, 5.74) is 2.31. The number of carbonyl (C=O) groups excluding carboxylic acids is 1. The number of para-hydroxylation sites is 1. The zero-order valence-electron chi connectivity index (χ0n) is 13.0. The molecule has 2 aliphatic rings. The van der Waals surface area contributed by atoms with E-state index in [9.17, 15) is 4.79 Å². The summed E-state index contributed by atoms with van der Waals surface area (Å²) in [4.78, 5) is 14.9. The lowest BCUT2D eigenvalue weighted by Crippen LogP contribution is -2.51. The number of aryl methyl sites for hydroxylation is 1. The molecule has 0 unspecified atom stereocenters. The van der Waals surface area contributed by atoms with Gasteiger partial charge in [0, 0.05) is 30.7 Å². The second-order valence-corrected chi connectivity index (χ2v) is 6.45. The van der Waals surface area contributed by atoms with Crippen LogP contribution in [0.5, 0.6) is 0 Å². The minimum atomic E-state index is 0.247. The maximum absolute atomic E-state index is 12.8. The Bertz CT molecular complexity index is 706. The first-order chi connectivity index (χ1) is 10.7. The summed E-state index contributed by atoms with van der Waals surface area (Å²) in [6, 6.07) is 8.59. The van der Waals surface area contributed by atoms with Gasteiger partial charge in [-0.05, 0) is 30.9 Å². The van der Waals surface area contributed by atoms with Crippen molar-refractivity contribution in [3.8, 4) is 0 Å². The SMILES string of the molecule is Cn1cc(CC(=O)N2CCO[C@@H]3CCC[C@@H]32)c2ccccc21. The van der Waals surface area contributed by atoms with Crippen LogP contribution in [0.2, 0.25) is 0 Å². The molecule has 2 heterocycles. The van der Waals surface area contributed by atoms with Crippen LogP contribution >= 0.6 is 0 Å². The third kappa shape index (κ3) is 2.22. The summed E-state index contributed by atoms with van der Waals surface area (Å²) < 4.78 is 7.92. The van der Waals surface area contributed by atoms with Crippen LogP contribution < -0.4 is 0 Å². The van der Waals surface area contributed by atoms with Crippen molar-refractivity contribution in [2.24, 2.45) is 7.05 Å². The summed E-state index contributed by atoms with van der Waals surface area (Å²) >= 11 is 0. The molecule has 4 rings (SSSR count). The van der Waals surface area contributed by atoms with Crippen LogP contribution in [-0.4, -0.2) is 40.7 Å². The van der Waals surface area contributed by atoms with Gasteiger partial charge in [-0.2, -0.15) is 0 Å². The van der Waals surface area contributed by atoms with Gasteiger partial charge in [0.1, 0.15) is 0 Å². The topological polar surface area (TPSA) is 34.5 Å². The number of morpholine rings is 1. The highest BCUT2D eigenvalue weighted by Crippen LogP contribution is 2.30. The molecule has 4 heteroatoms. The van der Waals surface area contributed by atoms with Crippen molar-refractivity contribution in [2.45, 2.75) is 37.8 Å². The van der Waals surface area contributed by atoms with E-state index in [1.54, 1.807) is 0 Å². The Morgan fingerprint density at radius 2 is 2.18 bits per heavy atom. The summed E-state index contributed by atoms with van der Waals surface area (Å²) in [7, 11) is 2.04. The maximum atomic E-state index is 12.8. The molecule has 1 saturated carbocycles. The van der Waals surface area contributed by atoms with Crippen molar-refractivity contribution in [1.29, 1.82) is 0 Å². The van der Waals surface area contributed by atoms with Crippen LogP contribution in [0, 0.1) is 0 Å². The standard InChI is InChI=1S/C18H22N2O2/c1-19-12-13(14-5-2-3-6-15(14)19)11-18(21)20-9-10-22-17-8-4-7-16(17)20/h2-3,5-6,12,16-17H,4,7-11H2,1H3/t16-,17+/m0/s1. The highest BCUT2D eigenvalue weighted by Gasteiger charge is 2.38. The molecule has 1 aliphatic carbocycles. The first-order valence-corrected chi connectivity index (χ1v) is 8.18. The van der Waals surface area contributed by atoms with Gasteiger partial charge in [0.25, 0.3) is 0 Å². The molecule has 2 atom stereocenters. The van der Waals surface area contributed by atoms with E-state index in [-0.39, 0.29) is 12.0 Å². The average Bonchev–Trinajstić information content (AvgIpc) is 3.13. The molecule has 1 aliphatic heterocycles. The average molecular weight is 298 g/mol. The molecular formula is C18H22N2O2. The molecule has 2 aromatic rings. The number of carbonyl (C=O) groups is 1. The maximum Gasteiger partial charge on any atom is 0.227 e. The van der Waals surface area contributed by atoms with E-state index in [0.717, 1.165) is 24.9 Å². The number of nitrogens with zero attached hydrogens (tertiary/aromatic N) is 2. The van der Waals surface area contributed by atoms with E-state index in [2.05, 4.69) is 27.8 Å². The van der Waals surface area contributed by atoms with Gasteiger partial charge in [-0.3, -0.25) is 4.79 Å². The smallest absolute Gasteiger partial charge is 0.227 e. The van der Waals surface area contributed by atoms with Crippen molar-refractivity contribution in [3.63, 3.8) is 0 Å². The fourth-order valence-corrected chi connectivity index (χ4v) is 4.07. The van der Waals surface area contributed by atoms with Gasteiger partial charge in [0.05, 0.1) is 25.2 Å². The molecule has 1 aromatic heterocycles. The van der Waals surface area contributed by atoms with Crippen LogP contribution in [0.15, 0.2) is 30.5 Å². The predicted molar refractivity (Wildman–Crippen MR) is 85.7 cm³/mol. The summed E-state index contributed by atoms with van der Waals surface area (Å²) in [6.07, 6.45) is 6.21. The van der Waals surface area contributed by atoms with E-state index >= 15 is 0 Å². The van der Waals surface area contributed by atoms with Crippen LogP contribution in [0.1, 0.15) is 24.8 Å². The monoisotopic (exact) mass is 298 g/mol. The molecule has 1 saturated heterocycles. The predicted octanol–water partition coefficient (Wildman–Crippen LogP) is 2.50. The highest BCUT2D eigenvalue weighted by molar-refractivity contribution is 5.89. The van der Waals surface area contributed by atoms with Crippen LogP contribution in [-0.2, 0) is 23.0 Å². The van der Waals surface area contributed by atoms with E-state index in [1.165, 1.54) is 17.3 Å². The van der Waals surface area contributed by atoms with E-state index in [1.807, 2.05) is 19.2 Å². The molecule has 116 valence electrons. The van der Waals surface area contributed by atoms with Gasteiger partial charge < -0.3 is 14.2 Å². The van der Waals surface area contributed by atoms with E-state index in [0.29, 0.717) is 19.1 Å². The van der Waals surface area contributed by atoms with Crippen molar-refractivity contribution < 1.29 is 9.53 Å². The minimum Gasteiger partial charge on any atom is -0.374 e. The van der Waals surface area contributed by atoms with Gasteiger partial charge in [0.15, 0.2) is 0 Å². The van der Waals surface area contributed by atoms with Gasteiger partial charge in [-0.25, -0.2) is 0 Å². The van der Waals surface area contributed by atoms with Gasteiger partial charge in [-0.15, -0.1) is 0 Å². The largest absolute Gasteiger partial charge is 0.374 e. The Hall–Kier alpha value is -1.81. The Kier molecular flexibility index (Phi) is 3.41. The molecule has 2 fully saturated rings. The number of amides is 1. The van der Waals surface area contributed by atoms with Gasteiger partial charge >= 0.3 is 0 Å². The molecule has 1 aromatic carbocycles. The molecular weight excluding hydrogens is 276 g/mol. The first-order valence-electron chi connectivity index (χ1n) is 8.18. The van der Waals surface area contributed by atoms with Crippen LogP contribution in [0.25, 0.3) is 10.9 Å². The molecule has 22 heavy (non-hydrogen) atoms. The fourth-order valence-electron chi connectivity index (χ4n) is 4.07. The lowest BCUT2D eigenvalue weighted by molar-refractivity contribution is -0.143. The third-order valence-electron chi connectivity index (χ3n) is 5.12. The van der Waals surface area contributed by atoms with Gasteiger partial charge in [-0.1, -0.05) is 18.2 Å². The number of aromatic nitrogens is 1. The van der Waals surface area contributed by atoms with E-state index < -0.39 is 0 Å². The summed E-state index contributed by atoms with van der Waals surface area (Å²) in [5.74, 6) is 0.247. The second kappa shape index (κ2) is 5.43. The third-order valence-corrected chi connectivity index (χ3v) is 5.12. The highest BCUT2D eigenvalue weighted by atomic mass is 16.5. The molecule has 0 radical (unpaired) electrons. The lowest BCUT2D eigenvalue weighted by atomic mass is 10.1. The Morgan fingerprint density at radius 1 is 1.32 bits per heavy atom. The van der Waals surface area contributed by atoms with Crippen molar-refractivity contribution in [2.75, 3.05) is 13.2 Å². The van der Waals surface area contributed by atoms with Crippen LogP contribution in [0.3, 0.4) is 0 Å². The normalized spacial score (nSPS) is 24.7. The summed E-state index contributed by atoms with van der Waals surface area (Å²) in [5, 5.41) is 1.19. The number of hydrogen-bond donors (Lipinski definition) is 0. The second-order valence-electron chi connectivity index (χ2n) is 6.45. The molecule has 0 spiro atoms. The molecule has 0 N–H and O–H groups in total. The van der Waals surface area contributed by atoms with Crippen molar-refractivity contribution in [3.05, 3.63) is 36.0 Å². The number of fused-ring (bicyclic) bond motifs is 2. The Labute approximate surface area is 130 Å². The first kappa shape index (κ1) is 13.8. The lowest BCUT2D eigenvalue weighted by Gasteiger charge is -2.37. The Morgan fingerprint density at radius 3 is 3.09 bits per heavy atom. The van der Waals surface area contributed by atoms with Crippen LogP contribution in [0.4, 0.5) is 0 Å². The number of rotatable bonds is 2. The number of ether oxygens (including phenoxy) is 1. The fraction of sp³-hybridized carbons (Fsp3) is 0.500. The molecule has 1 amide bonds.